The quantitative estimate of drug-likeness (QED) is 0.833. The Morgan fingerprint density at radius 1 is 1.35 bits per heavy atom. The van der Waals surface area contributed by atoms with Crippen LogP contribution in [0.1, 0.15) is 24.0 Å². The first-order valence-electron chi connectivity index (χ1n) is 6.06. The molecule has 1 fully saturated rings. The highest BCUT2D eigenvalue weighted by molar-refractivity contribution is 5.24. The molecule has 1 atom stereocenters. The van der Waals surface area contributed by atoms with Gasteiger partial charge >= 0.3 is 0 Å². The van der Waals surface area contributed by atoms with Crippen molar-refractivity contribution >= 4 is 0 Å². The van der Waals surface area contributed by atoms with Crippen molar-refractivity contribution in [2.24, 2.45) is 5.73 Å². The number of nitrogens with zero attached hydrogens (tertiary/aromatic N) is 1. The summed E-state index contributed by atoms with van der Waals surface area (Å²) in [6.07, 6.45) is 1.62. The molecular weight excluding hydrogens is 219 g/mol. The Morgan fingerprint density at radius 2 is 2.12 bits per heavy atom. The Labute approximate surface area is 101 Å². The third-order valence-corrected chi connectivity index (χ3v) is 3.14. The molecule has 1 aromatic carbocycles. The van der Waals surface area contributed by atoms with Gasteiger partial charge in [-0.1, -0.05) is 6.07 Å². The van der Waals surface area contributed by atoms with Crippen LogP contribution < -0.4 is 5.73 Å². The smallest absolute Gasteiger partial charge is 0.123 e. The normalized spacial score (nSPS) is 21.7. The van der Waals surface area contributed by atoms with Crippen LogP contribution in [-0.2, 0) is 13.1 Å². The van der Waals surface area contributed by atoms with E-state index in [2.05, 4.69) is 4.90 Å². The van der Waals surface area contributed by atoms with Gasteiger partial charge in [0.25, 0.3) is 0 Å². The molecule has 1 unspecified atom stereocenters. The Bertz CT molecular complexity index is 384. The molecule has 0 aromatic heterocycles. The highest BCUT2D eigenvalue weighted by Gasteiger charge is 2.17. The SMILES string of the molecule is NCc1cc(F)cc(CN2CCCC(O)C2)c1. The second-order valence-corrected chi connectivity index (χ2v) is 4.70. The van der Waals surface area contributed by atoms with Crippen LogP contribution in [0.25, 0.3) is 0 Å². The van der Waals surface area contributed by atoms with Crippen molar-refractivity contribution in [3.63, 3.8) is 0 Å². The van der Waals surface area contributed by atoms with Crippen LogP contribution in [0.2, 0.25) is 0 Å². The van der Waals surface area contributed by atoms with Crippen molar-refractivity contribution in [3.05, 3.63) is 35.1 Å². The Hall–Kier alpha value is -0.970. The first-order chi connectivity index (χ1) is 8.17. The van der Waals surface area contributed by atoms with Gasteiger partial charge < -0.3 is 10.8 Å². The number of piperidine rings is 1. The number of aliphatic hydroxyl groups is 1. The predicted octanol–water partition coefficient (Wildman–Crippen LogP) is 1.24. The fraction of sp³-hybridized carbons (Fsp3) is 0.538. The molecule has 4 heteroatoms. The highest BCUT2D eigenvalue weighted by atomic mass is 19.1. The lowest BCUT2D eigenvalue weighted by molar-refractivity contribution is 0.0668. The second kappa shape index (κ2) is 5.58. The zero-order valence-electron chi connectivity index (χ0n) is 9.90. The average molecular weight is 238 g/mol. The first-order valence-corrected chi connectivity index (χ1v) is 6.06. The van der Waals surface area contributed by atoms with Crippen molar-refractivity contribution in [1.29, 1.82) is 0 Å². The van der Waals surface area contributed by atoms with E-state index in [0.717, 1.165) is 30.5 Å². The molecule has 94 valence electrons. The van der Waals surface area contributed by atoms with Gasteiger partial charge in [-0.15, -0.1) is 0 Å². The lowest BCUT2D eigenvalue weighted by Gasteiger charge is -2.30. The van der Waals surface area contributed by atoms with Crippen molar-refractivity contribution in [3.8, 4) is 0 Å². The van der Waals surface area contributed by atoms with Gasteiger partial charge in [0.15, 0.2) is 0 Å². The van der Waals surface area contributed by atoms with Crippen LogP contribution in [-0.4, -0.2) is 29.2 Å². The fourth-order valence-electron chi connectivity index (χ4n) is 2.36. The van der Waals surface area contributed by atoms with Crippen LogP contribution >= 0.6 is 0 Å². The van der Waals surface area contributed by atoms with Crippen LogP contribution in [0.4, 0.5) is 4.39 Å². The first kappa shape index (κ1) is 12.5. The van der Waals surface area contributed by atoms with E-state index < -0.39 is 0 Å². The molecule has 1 aliphatic heterocycles. The number of aliphatic hydroxyl groups excluding tert-OH is 1. The number of hydrogen-bond donors (Lipinski definition) is 2. The summed E-state index contributed by atoms with van der Waals surface area (Å²) in [6.45, 7) is 2.68. The van der Waals surface area contributed by atoms with Crippen LogP contribution in [0.5, 0.6) is 0 Å². The molecular formula is C13H19FN2O. The predicted molar refractivity (Wildman–Crippen MR) is 64.8 cm³/mol. The lowest BCUT2D eigenvalue weighted by Crippen LogP contribution is -2.37. The largest absolute Gasteiger partial charge is 0.392 e. The maximum Gasteiger partial charge on any atom is 0.123 e. The average Bonchev–Trinajstić information content (AvgIpc) is 2.28. The molecule has 1 heterocycles. The van der Waals surface area contributed by atoms with Crippen molar-refractivity contribution < 1.29 is 9.50 Å². The summed E-state index contributed by atoms with van der Waals surface area (Å²) in [5, 5.41) is 9.58. The maximum atomic E-state index is 13.3. The Balaban J connectivity index is 2.04. The van der Waals surface area contributed by atoms with Crippen LogP contribution in [0.3, 0.4) is 0 Å². The summed E-state index contributed by atoms with van der Waals surface area (Å²) in [6, 6.07) is 4.94. The topological polar surface area (TPSA) is 49.5 Å². The van der Waals surface area contributed by atoms with Gasteiger partial charge in [0.05, 0.1) is 6.10 Å². The Kier molecular flexibility index (Phi) is 4.10. The van der Waals surface area contributed by atoms with E-state index in [0.29, 0.717) is 19.6 Å². The van der Waals surface area contributed by atoms with E-state index in [1.54, 1.807) is 6.07 Å². The third-order valence-electron chi connectivity index (χ3n) is 3.14. The van der Waals surface area contributed by atoms with E-state index in [-0.39, 0.29) is 11.9 Å². The van der Waals surface area contributed by atoms with Crippen molar-refractivity contribution in [2.75, 3.05) is 13.1 Å². The molecule has 0 radical (unpaired) electrons. The van der Waals surface area contributed by atoms with Crippen LogP contribution in [0.15, 0.2) is 18.2 Å². The van der Waals surface area contributed by atoms with Gasteiger partial charge in [-0.3, -0.25) is 4.90 Å². The molecule has 1 aromatic rings. The summed E-state index contributed by atoms with van der Waals surface area (Å²) in [5.41, 5.74) is 7.27. The molecule has 1 aliphatic rings. The molecule has 0 spiro atoms. The number of halogens is 1. The minimum atomic E-state index is -0.244. The molecule has 2 rings (SSSR count). The molecule has 0 amide bonds. The van der Waals surface area contributed by atoms with Crippen molar-refractivity contribution in [2.45, 2.75) is 32.0 Å². The van der Waals surface area contributed by atoms with E-state index in [4.69, 9.17) is 5.73 Å². The van der Waals surface area contributed by atoms with E-state index in [1.165, 1.54) is 6.07 Å². The summed E-state index contributed by atoms with van der Waals surface area (Å²) < 4.78 is 13.3. The molecule has 0 aliphatic carbocycles. The summed E-state index contributed by atoms with van der Waals surface area (Å²) in [5.74, 6) is -0.236. The van der Waals surface area contributed by atoms with Gasteiger partial charge in [0.2, 0.25) is 0 Å². The number of nitrogens with two attached hydrogens (primary N) is 1. The summed E-state index contributed by atoms with van der Waals surface area (Å²) in [7, 11) is 0. The lowest BCUT2D eigenvalue weighted by atomic mass is 10.1. The highest BCUT2D eigenvalue weighted by Crippen LogP contribution is 2.15. The number of hydrogen-bond acceptors (Lipinski definition) is 3. The van der Waals surface area contributed by atoms with Crippen LogP contribution in [0, 0.1) is 5.82 Å². The third kappa shape index (κ3) is 3.49. The molecule has 17 heavy (non-hydrogen) atoms. The van der Waals surface area contributed by atoms with Gasteiger partial charge in [-0.25, -0.2) is 4.39 Å². The summed E-state index contributed by atoms with van der Waals surface area (Å²) in [4.78, 5) is 2.16. The fourth-order valence-corrected chi connectivity index (χ4v) is 2.36. The summed E-state index contributed by atoms with van der Waals surface area (Å²) >= 11 is 0. The van der Waals surface area contributed by atoms with Gasteiger partial charge in [-0.05, 0) is 42.6 Å². The van der Waals surface area contributed by atoms with E-state index in [9.17, 15) is 9.50 Å². The second-order valence-electron chi connectivity index (χ2n) is 4.70. The van der Waals surface area contributed by atoms with E-state index in [1.807, 2.05) is 6.07 Å². The van der Waals surface area contributed by atoms with E-state index >= 15 is 0 Å². The minimum Gasteiger partial charge on any atom is -0.392 e. The number of likely N-dealkylation sites (tertiary alicyclic amines) is 1. The van der Waals surface area contributed by atoms with Gasteiger partial charge in [0.1, 0.15) is 5.82 Å². The zero-order valence-corrected chi connectivity index (χ0v) is 9.90. The maximum absolute atomic E-state index is 13.3. The molecule has 0 saturated carbocycles. The monoisotopic (exact) mass is 238 g/mol. The standard InChI is InChI=1S/C13H19FN2O/c14-12-5-10(7-15)4-11(6-12)8-16-3-1-2-13(17)9-16/h4-6,13,17H,1-3,7-9,15H2. The zero-order chi connectivity index (χ0) is 12.3. The Morgan fingerprint density at radius 3 is 2.82 bits per heavy atom. The molecule has 3 nitrogen and oxygen atoms in total. The van der Waals surface area contributed by atoms with Crippen molar-refractivity contribution in [1.82, 2.24) is 4.90 Å². The molecule has 0 bridgehead atoms. The van der Waals surface area contributed by atoms with Gasteiger partial charge in [0, 0.05) is 19.6 Å². The molecule has 3 N–H and O–H groups in total. The van der Waals surface area contributed by atoms with Gasteiger partial charge in [-0.2, -0.15) is 0 Å². The number of β-amino-alcohol motifs (C(OH)–C–C–N with tert-alkyl or cyclic N) is 1. The number of rotatable bonds is 3. The molecule has 1 saturated heterocycles. The minimum absolute atomic E-state index is 0.236. The number of benzene rings is 1.